The van der Waals surface area contributed by atoms with E-state index < -0.39 is 0 Å². The third-order valence-electron chi connectivity index (χ3n) is 5.37. The standard InChI is InChI=1S/C17H25N3O/c1-10(2)16-15-8-14(11(3)20(15)17(16)21)7-13-5-6-19(9-13)12(4)18/h13,15-16,18H,1,5-9H2,2-4H3/t13-,15-,16-/m1/s1. The van der Waals surface area contributed by atoms with Gasteiger partial charge in [0.2, 0.25) is 5.91 Å². The summed E-state index contributed by atoms with van der Waals surface area (Å²) in [6, 6.07) is 0.340. The molecular formula is C17H25N3O. The van der Waals surface area contributed by atoms with Crippen LogP contribution in [0.2, 0.25) is 0 Å². The number of hydrogen-bond acceptors (Lipinski definition) is 2. The molecule has 0 radical (unpaired) electrons. The van der Waals surface area contributed by atoms with Crippen LogP contribution in [-0.2, 0) is 4.79 Å². The zero-order chi connectivity index (χ0) is 15.3. The molecule has 4 heteroatoms. The van der Waals surface area contributed by atoms with Gasteiger partial charge in [-0.15, -0.1) is 0 Å². The van der Waals surface area contributed by atoms with Crippen LogP contribution in [0.4, 0.5) is 0 Å². The molecule has 2 saturated heterocycles. The van der Waals surface area contributed by atoms with Crippen molar-refractivity contribution in [3.63, 3.8) is 0 Å². The molecule has 3 rings (SSSR count). The van der Waals surface area contributed by atoms with E-state index in [0.29, 0.717) is 17.8 Å². The van der Waals surface area contributed by atoms with Gasteiger partial charge in [-0.1, -0.05) is 12.2 Å². The summed E-state index contributed by atoms with van der Waals surface area (Å²) < 4.78 is 0. The summed E-state index contributed by atoms with van der Waals surface area (Å²) in [4.78, 5) is 16.4. The lowest BCUT2D eigenvalue weighted by atomic mass is 9.81. The minimum atomic E-state index is 0.0429. The van der Waals surface area contributed by atoms with E-state index in [4.69, 9.17) is 5.41 Å². The van der Waals surface area contributed by atoms with Gasteiger partial charge >= 0.3 is 0 Å². The Morgan fingerprint density at radius 3 is 2.71 bits per heavy atom. The lowest BCUT2D eigenvalue weighted by Crippen LogP contribution is -2.57. The fraction of sp³-hybridized carbons (Fsp3) is 0.647. The lowest BCUT2D eigenvalue weighted by molar-refractivity contribution is -0.147. The summed E-state index contributed by atoms with van der Waals surface area (Å²) in [5, 5.41) is 7.73. The van der Waals surface area contributed by atoms with Crippen molar-refractivity contribution < 1.29 is 4.79 Å². The maximum absolute atomic E-state index is 12.2. The topological polar surface area (TPSA) is 47.4 Å². The molecule has 0 bridgehead atoms. The van der Waals surface area contributed by atoms with Gasteiger partial charge in [-0.05, 0) is 51.5 Å². The van der Waals surface area contributed by atoms with Crippen molar-refractivity contribution in [3.8, 4) is 0 Å². The van der Waals surface area contributed by atoms with Crippen molar-refractivity contribution in [2.75, 3.05) is 13.1 Å². The van der Waals surface area contributed by atoms with Gasteiger partial charge in [-0.3, -0.25) is 10.2 Å². The number of nitrogens with one attached hydrogen (secondary N) is 1. The SMILES string of the molecule is C=C(C)[C@H]1C(=O)N2C(C)=C(C[C@H]3CCN(C(C)=N)C3)C[C@H]12. The van der Waals surface area contributed by atoms with E-state index in [0.717, 1.165) is 37.9 Å². The first-order valence-corrected chi connectivity index (χ1v) is 7.87. The summed E-state index contributed by atoms with van der Waals surface area (Å²) >= 11 is 0. The minimum absolute atomic E-state index is 0.0429. The predicted molar refractivity (Wildman–Crippen MR) is 84.0 cm³/mol. The zero-order valence-electron chi connectivity index (χ0n) is 13.3. The summed E-state index contributed by atoms with van der Waals surface area (Å²) in [5.41, 5.74) is 3.64. The fourth-order valence-electron chi connectivity index (χ4n) is 4.16. The highest BCUT2D eigenvalue weighted by molar-refractivity contribution is 5.91. The average Bonchev–Trinajstić information content (AvgIpc) is 2.94. The van der Waals surface area contributed by atoms with E-state index in [1.54, 1.807) is 0 Å². The van der Waals surface area contributed by atoms with Gasteiger partial charge in [0.15, 0.2) is 0 Å². The normalized spacial score (nSPS) is 31.6. The molecule has 0 aromatic rings. The van der Waals surface area contributed by atoms with Gasteiger partial charge < -0.3 is 9.80 Å². The number of carbonyl (C=O) groups is 1. The highest BCUT2D eigenvalue weighted by Gasteiger charge is 2.52. The van der Waals surface area contributed by atoms with Gasteiger partial charge in [-0.2, -0.15) is 0 Å². The Labute approximate surface area is 127 Å². The monoisotopic (exact) mass is 287 g/mol. The molecule has 114 valence electrons. The predicted octanol–water partition coefficient (Wildman–Crippen LogP) is 2.78. The summed E-state index contributed by atoms with van der Waals surface area (Å²) in [6.07, 6.45) is 3.27. The van der Waals surface area contributed by atoms with Crippen LogP contribution in [0.15, 0.2) is 23.4 Å². The molecule has 3 aliphatic rings. The minimum Gasteiger partial charge on any atom is -0.360 e. The van der Waals surface area contributed by atoms with Crippen molar-refractivity contribution in [2.45, 2.75) is 46.1 Å². The highest BCUT2D eigenvalue weighted by atomic mass is 16.2. The van der Waals surface area contributed by atoms with Crippen molar-refractivity contribution in [1.82, 2.24) is 9.80 Å². The molecule has 21 heavy (non-hydrogen) atoms. The molecular weight excluding hydrogens is 262 g/mol. The number of amidine groups is 1. The van der Waals surface area contributed by atoms with Crippen molar-refractivity contribution in [2.24, 2.45) is 11.8 Å². The fourth-order valence-corrected chi connectivity index (χ4v) is 4.16. The number of carbonyl (C=O) groups excluding carboxylic acids is 1. The first-order valence-electron chi connectivity index (χ1n) is 7.87. The van der Waals surface area contributed by atoms with Crippen LogP contribution < -0.4 is 0 Å². The first-order chi connectivity index (χ1) is 9.90. The second kappa shape index (κ2) is 5.00. The quantitative estimate of drug-likeness (QED) is 0.375. The number of fused-ring (bicyclic) bond motifs is 1. The Balaban J connectivity index is 1.66. The lowest BCUT2D eigenvalue weighted by Gasteiger charge is -2.44. The van der Waals surface area contributed by atoms with E-state index >= 15 is 0 Å². The molecule has 3 aliphatic heterocycles. The number of nitrogens with zero attached hydrogens (tertiary/aromatic N) is 2. The van der Waals surface area contributed by atoms with Crippen LogP contribution in [0.1, 0.15) is 40.0 Å². The van der Waals surface area contributed by atoms with Gasteiger partial charge in [0.25, 0.3) is 0 Å². The van der Waals surface area contributed by atoms with Gasteiger partial charge in [0.1, 0.15) is 0 Å². The van der Waals surface area contributed by atoms with Crippen LogP contribution in [0, 0.1) is 17.2 Å². The Morgan fingerprint density at radius 2 is 2.14 bits per heavy atom. The first kappa shape index (κ1) is 14.4. The van der Waals surface area contributed by atoms with Crippen molar-refractivity contribution >= 4 is 11.7 Å². The molecule has 0 aliphatic carbocycles. The number of hydrogen-bond donors (Lipinski definition) is 1. The van der Waals surface area contributed by atoms with E-state index in [-0.39, 0.29) is 11.8 Å². The third-order valence-corrected chi connectivity index (χ3v) is 5.37. The molecule has 3 atom stereocenters. The highest BCUT2D eigenvalue weighted by Crippen LogP contribution is 2.46. The summed E-state index contributed by atoms with van der Waals surface area (Å²) in [6.45, 7) is 11.9. The molecule has 0 unspecified atom stereocenters. The van der Waals surface area contributed by atoms with Gasteiger partial charge in [-0.25, -0.2) is 0 Å². The Morgan fingerprint density at radius 1 is 1.43 bits per heavy atom. The third kappa shape index (κ3) is 2.21. The Kier molecular flexibility index (Phi) is 3.42. The molecule has 0 saturated carbocycles. The van der Waals surface area contributed by atoms with E-state index in [2.05, 4.69) is 18.4 Å². The van der Waals surface area contributed by atoms with Crippen molar-refractivity contribution in [3.05, 3.63) is 23.4 Å². The number of likely N-dealkylation sites (tertiary alicyclic amines) is 1. The Hall–Kier alpha value is -1.58. The van der Waals surface area contributed by atoms with Crippen LogP contribution in [0.5, 0.6) is 0 Å². The summed E-state index contributed by atoms with van der Waals surface area (Å²) in [5.74, 6) is 1.59. The van der Waals surface area contributed by atoms with Gasteiger partial charge in [0, 0.05) is 18.8 Å². The number of amides is 1. The maximum Gasteiger partial charge on any atom is 0.236 e. The largest absolute Gasteiger partial charge is 0.360 e. The van der Waals surface area contributed by atoms with E-state index in [1.807, 2.05) is 18.7 Å². The summed E-state index contributed by atoms with van der Waals surface area (Å²) in [7, 11) is 0. The maximum atomic E-state index is 12.2. The second-order valence-electron chi connectivity index (χ2n) is 6.88. The van der Waals surface area contributed by atoms with Crippen LogP contribution in [-0.4, -0.2) is 40.7 Å². The molecule has 2 fully saturated rings. The number of rotatable bonds is 3. The molecule has 3 heterocycles. The van der Waals surface area contributed by atoms with E-state index in [1.165, 1.54) is 11.3 Å². The van der Waals surface area contributed by atoms with Crippen LogP contribution in [0.25, 0.3) is 0 Å². The molecule has 4 nitrogen and oxygen atoms in total. The number of allylic oxidation sites excluding steroid dienone is 1. The van der Waals surface area contributed by atoms with Crippen molar-refractivity contribution in [1.29, 1.82) is 5.41 Å². The molecule has 1 amide bonds. The molecule has 0 spiro atoms. The smallest absolute Gasteiger partial charge is 0.236 e. The van der Waals surface area contributed by atoms with Crippen LogP contribution in [0.3, 0.4) is 0 Å². The molecule has 1 N–H and O–H groups in total. The van der Waals surface area contributed by atoms with Gasteiger partial charge in [0.05, 0.1) is 17.8 Å². The zero-order valence-corrected chi connectivity index (χ0v) is 13.3. The second-order valence-corrected chi connectivity index (χ2v) is 6.88. The molecule has 0 aromatic heterocycles. The number of β-lactam (4-membered cyclic amide) rings is 1. The van der Waals surface area contributed by atoms with E-state index in [9.17, 15) is 4.79 Å². The van der Waals surface area contributed by atoms with Crippen LogP contribution >= 0.6 is 0 Å². The molecule has 0 aromatic carbocycles. The average molecular weight is 287 g/mol. The Bertz CT molecular complexity index is 548.